The average molecular weight is 320 g/mol. The van der Waals surface area contributed by atoms with Crippen LogP contribution in [0.25, 0.3) is 10.8 Å². The van der Waals surface area contributed by atoms with Crippen LogP contribution in [0, 0.1) is 0 Å². The molecule has 0 radical (unpaired) electrons. The van der Waals surface area contributed by atoms with E-state index in [-0.39, 0.29) is 0 Å². The minimum absolute atomic E-state index is 0.435. The first-order valence-electron chi connectivity index (χ1n) is 7.24. The Morgan fingerprint density at radius 3 is 2.36 bits per heavy atom. The molecule has 3 rings (SSSR count). The second-order valence-corrected chi connectivity index (χ2v) is 6.88. The molecule has 1 aliphatic rings. The lowest BCUT2D eigenvalue weighted by Crippen LogP contribution is -2.41. The molecule has 1 aromatic heterocycles. The second-order valence-electron chi connectivity index (χ2n) is 6.48. The Morgan fingerprint density at radius 2 is 1.77 bits per heavy atom. The van der Waals surface area contributed by atoms with Crippen LogP contribution in [-0.4, -0.2) is 30.4 Å². The van der Waals surface area contributed by atoms with Crippen LogP contribution in [0.1, 0.15) is 27.7 Å². The van der Waals surface area contributed by atoms with Crippen molar-refractivity contribution in [1.29, 1.82) is 0 Å². The molecule has 4 nitrogen and oxygen atoms in total. The molecule has 0 spiro atoms. The van der Waals surface area contributed by atoms with Crippen LogP contribution < -0.4 is 10.3 Å². The van der Waals surface area contributed by atoms with E-state index in [1.807, 2.05) is 52.0 Å². The SMILES string of the molecule is COc1cc2cccc(Cl)c2c(B2OC(C)(C)C(C)(C)O2)n1. The number of methoxy groups -OCH3 is 1. The highest BCUT2D eigenvalue weighted by Crippen LogP contribution is 2.37. The summed E-state index contributed by atoms with van der Waals surface area (Å²) in [5, 5.41) is 2.41. The topological polar surface area (TPSA) is 40.6 Å². The summed E-state index contributed by atoms with van der Waals surface area (Å²) in [6, 6.07) is 7.57. The smallest absolute Gasteiger partial charge is 0.481 e. The Kier molecular flexibility index (Phi) is 3.63. The van der Waals surface area contributed by atoms with E-state index in [1.54, 1.807) is 7.11 Å². The van der Waals surface area contributed by atoms with Gasteiger partial charge in [0, 0.05) is 16.5 Å². The van der Waals surface area contributed by atoms with Crippen molar-refractivity contribution >= 4 is 35.1 Å². The number of benzene rings is 1. The summed E-state index contributed by atoms with van der Waals surface area (Å²) < 4.78 is 17.5. The van der Waals surface area contributed by atoms with Gasteiger partial charge in [-0.1, -0.05) is 23.7 Å². The van der Waals surface area contributed by atoms with Crippen molar-refractivity contribution in [3.05, 3.63) is 29.3 Å². The van der Waals surface area contributed by atoms with Crippen molar-refractivity contribution in [1.82, 2.24) is 4.98 Å². The first-order chi connectivity index (χ1) is 10.2. The van der Waals surface area contributed by atoms with E-state index in [0.29, 0.717) is 16.5 Å². The molecule has 1 aliphatic heterocycles. The number of nitrogens with zero attached hydrogens (tertiary/aromatic N) is 1. The van der Waals surface area contributed by atoms with Gasteiger partial charge in [0.2, 0.25) is 5.88 Å². The summed E-state index contributed by atoms with van der Waals surface area (Å²) >= 11 is 6.39. The minimum atomic E-state index is -0.581. The van der Waals surface area contributed by atoms with Crippen LogP contribution in [0.15, 0.2) is 24.3 Å². The molecule has 116 valence electrons. The van der Waals surface area contributed by atoms with Gasteiger partial charge in [-0.25, -0.2) is 4.98 Å². The highest BCUT2D eigenvalue weighted by molar-refractivity contribution is 6.65. The highest BCUT2D eigenvalue weighted by atomic mass is 35.5. The number of aromatic nitrogens is 1. The molecular weight excluding hydrogens is 300 g/mol. The summed E-state index contributed by atoms with van der Waals surface area (Å²) in [5.41, 5.74) is -0.218. The Labute approximate surface area is 135 Å². The van der Waals surface area contributed by atoms with Crippen LogP contribution in [0.4, 0.5) is 0 Å². The molecule has 0 unspecified atom stereocenters. The first-order valence-corrected chi connectivity index (χ1v) is 7.62. The summed E-state index contributed by atoms with van der Waals surface area (Å²) in [7, 11) is 1.01. The predicted molar refractivity (Wildman–Crippen MR) is 89.0 cm³/mol. The molecule has 1 saturated heterocycles. The molecule has 2 heterocycles. The lowest BCUT2D eigenvalue weighted by molar-refractivity contribution is 0.00578. The van der Waals surface area contributed by atoms with Gasteiger partial charge < -0.3 is 14.0 Å². The highest BCUT2D eigenvalue weighted by Gasteiger charge is 2.53. The average Bonchev–Trinajstić information content (AvgIpc) is 2.66. The number of halogens is 1. The summed E-state index contributed by atoms with van der Waals surface area (Å²) in [6.07, 6.45) is 0. The number of hydrogen-bond acceptors (Lipinski definition) is 4. The van der Waals surface area contributed by atoms with Crippen molar-refractivity contribution in [2.24, 2.45) is 0 Å². The van der Waals surface area contributed by atoms with E-state index < -0.39 is 18.3 Å². The predicted octanol–water partition coefficient (Wildman–Crippen LogP) is 3.20. The normalized spacial score (nSPS) is 19.6. The fourth-order valence-electron chi connectivity index (χ4n) is 2.50. The van der Waals surface area contributed by atoms with E-state index in [0.717, 1.165) is 10.8 Å². The molecule has 0 bridgehead atoms. The number of ether oxygens (including phenoxy) is 1. The van der Waals surface area contributed by atoms with Crippen molar-refractivity contribution in [2.75, 3.05) is 7.11 Å². The van der Waals surface area contributed by atoms with Crippen molar-refractivity contribution in [2.45, 2.75) is 38.9 Å². The summed E-state index contributed by atoms with van der Waals surface area (Å²) in [6.45, 7) is 8.04. The van der Waals surface area contributed by atoms with Gasteiger partial charge in [-0.2, -0.15) is 0 Å². The third-order valence-corrected chi connectivity index (χ3v) is 4.81. The van der Waals surface area contributed by atoms with Gasteiger partial charge in [0.25, 0.3) is 0 Å². The lowest BCUT2D eigenvalue weighted by Gasteiger charge is -2.32. The third kappa shape index (κ3) is 2.37. The number of hydrogen-bond donors (Lipinski definition) is 0. The van der Waals surface area contributed by atoms with Crippen LogP contribution in [-0.2, 0) is 9.31 Å². The largest absolute Gasteiger partial charge is 0.515 e. The van der Waals surface area contributed by atoms with E-state index in [4.69, 9.17) is 25.6 Å². The maximum absolute atomic E-state index is 6.39. The van der Waals surface area contributed by atoms with Crippen molar-refractivity contribution in [3.63, 3.8) is 0 Å². The molecular formula is C16H19BClNO3. The fourth-order valence-corrected chi connectivity index (χ4v) is 2.78. The summed E-state index contributed by atoms with van der Waals surface area (Å²) in [4.78, 5) is 4.54. The Morgan fingerprint density at radius 1 is 1.14 bits per heavy atom. The van der Waals surface area contributed by atoms with Gasteiger partial charge in [-0.3, -0.25) is 0 Å². The maximum Gasteiger partial charge on any atom is 0.515 e. The molecule has 0 amide bonds. The van der Waals surface area contributed by atoms with Gasteiger partial charge in [-0.05, 0) is 39.1 Å². The van der Waals surface area contributed by atoms with Gasteiger partial charge in [-0.15, -0.1) is 0 Å². The molecule has 6 heteroatoms. The zero-order chi connectivity index (χ0) is 16.1. The van der Waals surface area contributed by atoms with Crippen LogP contribution in [0.5, 0.6) is 5.88 Å². The lowest BCUT2D eigenvalue weighted by atomic mass is 9.81. The van der Waals surface area contributed by atoms with Crippen LogP contribution in [0.3, 0.4) is 0 Å². The quantitative estimate of drug-likeness (QED) is 0.797. The summed E-state index contributed by atoms with van der Waals surface area (Å²) in [5.74, 6) is 0.513. The molecule has 1 aromatic carbocycles. The number of pyridine rings is 1. The van der Waals surface area contributed by atoms with E-state index in [1.165, 1.54) is 0 Å². The minimum Gasteiger partial charge on any atom is -0.481 e. The Balaban J connectivity index is 2.19. The van der Waals surface area contributed by atoms with Crippen molar-refractivity contribution in [3.8, 4) is 5.88 Å². The molecule has 0 N–H and O–H groups in total. The Hall–Kier alpha value is -1.30. The molecule has 0 aliphatic carbocycles. The molecule has 0 atom stereocenters. The molecule has 2 aromatic rings. The Bertz CT molecular complexity index is 717. The zero-order valence-electron chi connectivity index (χ0n) is 13.4. The first kappa shape index (κ1) is 15.6. The second kappa shape index (κ2) is 5.12. The van der Waals surface area contributed by atoms with Gasteiger partial charge in [0.15, 0.2) is 0 Å². The zero-order valence-corrected chi connectivity index (χ0v) is 14.2. The molecule has 0 saturated carbocycles. The maximum atomic E-state index is 6.39. The van der Waals surface area contributed by atoms with Gasteiger partial charge >= 0.3 is 7.12 Å². The number of fused-ring (bicyclic) bond motifs is 1. The molecule has 22 heavy (non-hydrogen) atoms. The fraction of sp³-hybridized carbons (Fsp3) is 0.438. The van der Waals surface area contributed by atoms with E-state index >= 15 is 0 Å². The monoisotopic (exact) mass is 319 g/mol. The standard InChI is InChI=1S/C16H19BClNO3/c1-15(2)16(3,4)22-17(21-15)14-13-10(7-6-8-11(13)18)9-12(19-14)20-5/h6-9H,1-5H3. The van der Waals surface area contributed by atoms with Crippen molar-refractivity contribution < 1.29 is 14.0 Å². The van der Waals surface area contributed by atoms with Gasteiger partial charge in [0.1, 0.15) is 0 Å². The third-order valence-electron chi connectivity index (χ3n) is 4.50. The van der Waals surface area contributed by atoms with Crippen LogP contribution >= 0.6 is 11.6 Å². The van der Waals surface area contributed by atoms with E-state index in [2.05, 4.69) is 4.98 Å². The van der Waals surface area contributed by atoms with Gasteiger partial charge in [0.05, 0.1) is 23.9 Å². The van der Waals surface area contributed by atoms with Crippen LogP contribution in [0.2, 0.25) is 5.02 Å². The van der Waals surface area contributed by atoms with E-state index in [9.17, 15) is 0 Å². The molecule has 1 fully saturated rings. The number of rotatable bonds is 2.